The van der Waals surface area contributed by atoms with E-state index in [1.807, 2.05) is 56.4 Å². The van der Waals surface area contributed by atoms with Crippen LogP contribution in [0.5, 0.6) is 0 Å². The largest absolute Gasteiger partial charge is 0.327 e. The second-order valence-electron chi connectivity index (χ2n) is 6.08. The van der Waals surface area contributed by atoms with Gasteiger partial charge in [-0.3, -0.25) is 9.69 Å². The Balaban J connectivity index is 1.70. The Morgan fingerprint density at radius 2 is 1.83 bits per heavy atom. The third-order valence-corrected chi connectivity index (χ3v) is 4.15. The van der Waals surface area contributed by atoms with Gasteiger partial charge in [0.2, 0.25) is 0 Å². The first-order valence-electron chi connectivity index (χ1n) is 8.05. The zero-order valence-electron chi connectivity index (χ0n) is 14.0. The van der Waals surface area contributed by atoms with Gasteiger partial charge >= 0.3 is 6.03 Å². The highest BCUT2D eigenvalue weighted by Gasteiger charge is 2.23. The number of carbonyl (C=O) groups excluding carboxylic acids is 2. The highest BCUT2D eigenvalue weighted by Crippen LogP contribution is 2.22. The Bertz CT molecular complexity index is 755. The lowest BCUT2D eigenvalue weighted by atomic mass is 10.1. The fraction of sp³-hybridized carbons (Fsp3) is 0.263. The van der Waals surface area contributed by atoms with Crippen molar-refractivity contribution in [1.29, 1.82) is 0 Å². The summed E-state index contributed by atoms with van der Waals surface area (Å²) in [5.74, 6) is -0.139. The summed E-state index contributed by atoms with van der Waals surface area (Å²) in [6, 6.07) is 14.9. The molecule has 5 nitrogen and oxygen atoms in total. The fourth-order valence-corrected chi connectivity index (χ4v) is 2.82. The number of hydrogen-bond acceptors (Lipinski definition) is 2. The molecule has 0 aliphatic carbocycles. The normalized spacial score (nSPS) is 14.7. The predicted octanol–water partition coefficient (Wildman–Crippen LogP) is 3.51. The number of amides is 3. The number of urea groups is 1. The Labute approximate surface area is 141 Å². The Kier molecular flexibility index (Phi) is 4.51. The van der Waals surface area contributed by atoms with Crippen LogP contribution in [0.4, 0.5) is 16.2 Å². The number of hydrogen-bond donors (Lipinski definition) is 1. The molecule has 3 rings (SSSR count). The van der Waals surface area contributed by atoms with Crippen LogP contribution >= 0.6 is 0 Å². The van der Waals surface area contributed by atoms with E-state index in [2.05, 4.69) is 5.32 Å². The maximum Gasteiger partial charge on any atom is 0.324 e. The van der Waals surface area contributed by atoms with Gasteiger partial charge in [0.05, 0.1) is 0 Å². The molecule has 2 aromatic rings. The van der Waals surface area contributed by atoms with Gasteiger partial charge in [-0.05, 0) is 49.7 Å². The number of rotatable bonds is 3. The highest BCUT2D eigenvalue weighted by atomic mass is 16.2. The molecule has 24 heavy (non-hydrogen) atoms. The number of anilines is 2. The van der Waals surface area contributed by atoms with Gasteiger partial charge in [-0.25, -0.2) is 4.79 Å². The molecule has 0 spiro atoms. The van der Waals surface area contributed by atoms with Crippen LogP contribution in [0.25, 0.3) is 0 Å². The number of nitrogens with zero attached hydrogens (tertiary/aromatic N) is 2. The molecule has 1 aliphatic heterocycles. The van der Waals surface area contributed by atoms with Crippen molar-refractivity contribution in [2.24, 2.45) is 0 Å². The number of nitrogens with one attached hydrogen (secondary N) is 1. The lowest BCUT2D eigenvalue weighted by molar-refractivity contribution is 0.102. The van der Waals surface area contributed by atoms with Crippen molar-refractivity contribution < 1.29 is 9.59 Å². The third kappa shape index (κ3) is 3.40. The Morgan fingerprint density at radius 3 is 2.54 bits per heavy atom. The average molecular weight is 323 g/mol. The zero-order valence-corrected chi connectivity index (χ0v) is 14.0. The van der Waals surface area contributed by atoms with Crippen molar-refractivity contribution in [2.45, 2.75) is 13.3 Å². The molecule has 0 atom stereocenters. The van der Waals surface area contributed by atoms with Gasteiger partial charge in [-0.2, -0.15) is 0 Å². The lowest BCUT2D eigenvalue weighted by Gasteiger charge is -2.33. The fourth-order valence-electron chi connectivity index (χ4n) is 2.82. The summed E-state index contributed by atoms with van der Waals surface area (Å²) in [7, 11) is 1.81. The van der Waals surface area contributed by atoms with E-state index in [1.54, 1.807) is 15.9 Å². The van der Waals surface area contributed by atoms with Crippen LogP contribution in [0, 0.1) is 6.92 Å². The van der Waals surface area contributed by atoms with Gasteiger partial charge in [0.15, 0.2) is 0 Å². The van der Waals surface area contributed by atoms with E-state index >= 15 is 0 Å². The van der Waals surface area contributed by atoms with E-state index in [4.69, 9.17) is 0 Å². The molecule has 1 saturated heterocycles. The molecule has 5 heteroatoms. The highest BCUT2D eigenvalue weighted by molar-refractivity contribution is 6.04. The Hall–Kier alpha value is -2.82. The maximum absolute atomic E-state index is 12.3. The van der Waals surface area contributed by atoms with Gasteiger partial charge in [-0.15, -0.1) is 0 Å². The van der Waals surface area contributed by atoms with Crippen LogP contribution in [0.2, 0.25) is 0 Å². The van der Waals surface area contributed by atoms with E-state index in [1.165, 1.54) is 0 Å². The van der Waals surface area contributed by atoms with Crippen LogP contribution in [-0.2, 0) is 0 Å². The molecule has 3 amide bonds. The molecule has 0 saturated carbocycles. The molecule has 2 aromatic carbocycles. The molecule has 0 unspecified atom stereocenters. The molecule has 1 fully saturated rings. The van der Waals surface area contributed by atoms with Gasteiger partial charge in [0, 0.05) is 37.1 Å². The van der Waals surface area contributed by atoms with Crippen molar-refractivity contribution >= 4 is 23.3 Å². The summed E-state index contributed by atoms with van der Waals surface area (Å²) in [6.07, 6.45) is 0.952. The minimum atomic E-state index is -0.139. The van der Waals surface area contributed by atoms with E-state index in [9.17, 15) is 9.59 Å². The number of aryl methyl sites for hydroxylation is 1. The average Bonchev–Trinajstić information content (AvgIpc) is 2.58. The van der Waals surface area contributed by atoms with Crippen molar-refractivity contribution in [3.63, 3.8) is 0 Å². The summed E-state index contributed by atoms with van der Waals surface area (Å²) in [5, 5.41) is 2.88. The molecule has 1 N–H and O–H groups in total. The molecular weight excluding hydrogens is 302 g/mol. The van der Waals surface area contributed by atoms with Crippen LogP contribution in [0.3, 0.4) is 0 Å². The monoisotopic (exact) mass is 323 g/mol. The molecular formula is C19H21N3O2. The smallest absolute Gasteiger partial charge is 0.324 e. The Morgan fingerprint density at radius 1 is 1.08 bits per heavy atom. The van der Waals surface area contributed by atoms with E-state index in [0.29, 0.717) is 11.3 Å². The third-order valence-electron chi connectivity index (χ3n) is 4.15. The molecule has 0 bridgehead atoms. The van der Waals surface area contributed by atoms with Gasteiger partial charge in [0.25, 0.3) is 5.91 Å². The maximum atomic E-state index is 12.3. The zero-order chi connectivity index (χ0) is 17.1. The quantitative estimate of drug-likeness (QED) is 0.940. The predicted molar refractivity (Wildman–Crippen MR) is 95.6 cm³/mol. The van der Waals surface area contributed by atoms with Gasteiger partial charge < -0.3 is 10.2 Å². The summed E-state index contributed by atoms with van der Waals surface area (Å²) in [5.41, 5.74) is 3.24. The first-order chi connectivity index (χ1) is 11.5. The van der Waals surface area contributed by atoms with Crippen LogP contribution in [0.1, 0.15) is 22.3 Å². The van der Waals surface area contributed by atoms with E-state index in [-0.39, 0.29) is 11.9 Å². The van der Waals surface area contributed by atoms with Crippen LogP contribution < -0.4 is 10.2 Å². The molecule has 0 radical (unpaired) electrons. The molecule has 124 valence electrons. The number of benzene rings is 2. The molecule has 0 aromatic heterocycles. The second-order valence-corrected chi connectivity index (χ2v) is 6.08. The minimum absolute atomic E-state index is 0.0118. The molecule has 1 aliphatic rings. The standard InChI is InChI=1S/C19H21N3O2/c1-14-5-3-6-15(13-14)18(23)20-16-7-9-17(10-8-16)22-12-4-11-21(2)19(22)24/h3,5-10,13H,4,11-12H2,1-2H3,(H,20,23). The van der Waals surface area contributed by atoms with Gasteiger partial charge in [-0.1, -0.05) is 17.7 Å². The summed E-state index contributed by atoms with van der Waals surface area (Å²) in [6.45, 7) is 3.47. The van der Waals surface area contributed by atoms with Crippen LogP contribution in [-0.4, -0.2) is 37.0 Å². The lowest BCUT2D eigenvalue weighted by Crippen LogP contribution is -2.47. The van der Waals surface area contributed by atoms with Crippen molar-refractivity contribution in [2.75, 3.05) is 30.4 Å². The molecule has 1 heterocycles. The second kappa shape index (κ2) is 6.74. The van der Waals surface area contributed by atoms with Crippen molar-refractivity contribution in [1.82, 2.24) is 4.90 Å². The van der Waals surface area contributed by atoms with E-state index in [0.717, 1.165) is 30.8 Å². The SMILES string of the molecule is Cc1cccc(C(=O)Nc2ccc(N3CCCN(C)C3=O)cc2)c1. The van der Waals surface area contributed by atoms with Gasteiger partial charge in [0.1, 0.15) is 0 Å². The summed E-state index contributed by atoms with van der Waals surface area (Å²) in [4.78, 5) is 27.9. The topological polar surface area (TPSA) is 52.7 Å². The summed E-state index contributed by atoms with van der Waals surface area (Å²) < 4.78 is 0. The van der Waals surface area contributed by atoms with Crippen molar-refractivity contribution in [3.05, 3.63) is 59.7 Å². The summed E-state index contributed by atoms with van der Waals surface area (Å²) >= 11 is 0. The number of carbonyl (C=O) groups is 2. The van der Waals surface area contributed by atoms with E-state index < -0.39 is 0 Å². The van der Waals surface area contributed by atoms with Crippen molar-refractivity contribution in [3.8, 4) is 0 Å². The van der Waals surface area contributed by atoms with Crippen LogP contribution in [0.15, 0.2) is 48.5 Å². The first-order valence-corrected chi connectivity index (χ1v) is 8.05. The minimum Gasteiger partial charge on any atom is -0.327 e. The first kappa shape index (κ1) is 16.1.